The molecule has 100 valence electrons. The van der Waals surface area contributed by atoms with Gasteiger partial charge in [0.1, 0.15) is 6.04 Å². The highest BCUT2D eigenvalue weighted by Gasteiger charge is 2.07. The number of phosphoric acid groups is 1. The van der Waals surface area contributed by atoms with Crippen LogP contribution in [0.3, 0.4) is 0 Å². The van der Waals surface area contributed by atoms with Gasteiger partial charge in [-0.2, -0.15) is 0 Å². The number of H-pyrrole nitrogens is 1. The minimum absolute atomic E-state index is 0.505. The maximum Gasteiger partial charge on any atom is 0.466 e. The maximum absolute atomic E-state index is 9.65. The summed E-state index contributed by atoms with van der Waals surface area (Å²) in [6.45, 7) is -0.505. The monoisotopic (exact) mass is 271 g/mol. The molecular formula is C6H14N3O7P. The highest BCUT2D eigenvalue weighted by molar-refractivity contribution is 7.45. The normalized spacial score (nSPS) is 11.4. The van der Waals surface area contributed by atoms with Crippen LogP contribution in [0.15, 0.2) is 18.7 Å². The SMILES string of the molecule is NC(CO)C(=O)O.O=P(O)(O)O.c1c[nH]cn1. The predicted octanol–water partition coefficient (Wildman–Crippen LogP) is -2.13. The van der Waals surface area contributed by atoms with Crippen LogP contribution < -0.4 is 5.73 Å². The van der Waals surface area contributed by atoms with Gasteiger partial charge in [-0.3, -0.25) is 4.79 Å². The summed E-state index contributed by atoms with van der Waals surface area (Å²) in [4.78, 5) is 37.6. The largest absolute Gasteiger partial charge is 0.480 e. The molecule has 10 nitrogen and oxygen atoms in total. The van der Waals surface area contributed by atoms with E-state index >= 15 is 0 Å². The fourth-order valence-electron chi connectivity index (χ4n) is 0.293. The number of nitrogens with one attached hydrogen (secondary N) is 1. The van der Waals surface area contributed by atoms with Crippen LogP contribution in [0.25, 0.3) is 0 Å². The highest BCUT2D eigenvalue weighted by atomic mass is 31.2. The van der Waals surface area contributed by atoms with Crippen LogP contribution in [0.5, 0.6) is 0 Å². The molecular weight excluding hydrogens is 257 g/mol. The van der Waals surface area contributed by atoms with Crippen molar-refractivity contribution in [3.8, 4) is 0 Å². The first-order chi connectivity index (χ1) is 7.68. The third-order valence-corrected chi connectivity index (χ3v) is 0.920. The molecule has 1 rings (SSSR count). The first-order valence-corrected chi connectivity index (χ1v) is 5.55. The van der Waals surface area contributed by atoms with Crippen LogP contribution in [0, 0.1) is 0 Å². The van der Waals surface area contributed by atoms with E-state index < -0.39 is 26.4 Å². The average Bonchev–Trinajstić information content (AvgIpc) is 2.71. The average molecular weight is 271 g/mol. The van der Waals surface area contributed by atoms with Gasteiger partial charge in [0, 0.05) is 12.4 Å². The number of aliphatic hydroxyl groups is 1. The lowest BCUT2D eigenvalue weighted by Crippen LogP contribution is -2.33. The van der Waals surface area contributed by atoms with Gasteiger partial charge in [-0.1, -0.05) is 0 Å². The van der Waals surface area contributed by atoms with Gasteiger partial charge >= 0.3 is 13.8 Å². The number of carboxylic acids is 1. The van der Waals surface area contributed by atoms with Crippen molar-refractivity contribution in [1.82, 2.24) is 9.97 Å². The molecule has 0 saturated carbocycles. The van der Waals surface area contributed by atoms with E-state index in [1.54, 1.807) is 18.7 Å². The Bertz CT molecular complexity index is 299. The Kier molecular flexibility index (Phi) is 10.5. The quantitative estimate of drug-likeness (QED) is 0.294. The summed E-state index contributed by atoms with van der Waals surface area (Å²) in [7, 11) is -4.64. The molecule has 0 saturated heterocycles. The second-order valence-electron chi connectivity index (χ2n) is 2.40. The number of aromatic nitrogens is 2. The molecule has 0 aliphatic carbocycles. The number of nitrogens with two attached hydrogens (primary N) is 1. The van der Waals surface area contributed by atoms with Crippen LogP contribution in [-0.4, -0.2) is 53.5 Å². The van der Waals surface area contributed by atoms with Crippen molar-refractivity contribution < 1.29 is 34.3 Å². The Balaban J connectivity index is 0. The molecule has 0 aliphatic heterocycles. The van der Waals surface area contributed by atoms with Crippen LogP contribution >= 0.6 is 7.82 Å². The molecule has 0 amide bonds. The van der Waals surface area contributed by atoms with Gasteiger partial charge in [0.15, 0.2) is 0 Å². The Morgan fingerprint density at radius 2 is 1.94 bits per heavy atom. The Morgan fingerprint density at radius 1 is 1.47 bits per heavy atom. The number of aromatic amines is 1. The van der Waals surface area contributed by atoms with Gasteiger partial charge in [0.05, 0.1) is 12.9 Å². The van der Waals surface area contributed by atoms with E-state index in [0.29, 0.717) is 0 Å². The van der Waals surface area contributed by atoms with Gasteiger partial charge in [0.25, 0.3) is 0 Å². The third kappa shape index (κ3) is 25.2. The molecule has 8 N–H and O–H groups in total. The van der Waals surface area contributed by atoms with E-state index in [2.05, 4.69) is 9.97 Å². The van der Waals surface area contributed by atoms with Crippen molar-refractivity contribution in [2.75, 3.05) is 6.61 Å². The zero-order valence-corrected chi connectivity index (χ0v) is 9.44. The molecule has 1 aromatic heterocycles. The first-order valence-electron chi connectivity index (χ1n) is 3.98. The number of carboxylic acid groups (broad SMARTS) is 1. The number of imidazole rings is 1. The molecule has 0 radical (unpaired) electrons. The number of aliphatic carboxylic acids is 1. The zero-order valence-electron chi connectivity index (χ0n) is 8.54. The molecule has 1 unspecified atom stereocenters. The fourth-order valence-corrected chi connectivity index (χ4v) is 0.293. The van der Waals surface area contributed by atoms with Crippen molar-refractivity contribution in [2.24, 2.45) is 5.73 Å². The van der Waals surface area contributed by atoms with Crippen LogP contribution in [0.4, 0.5) is 0 Å². The summed E-state index contributed by atoms with van der Waals surface area (Å²) < 4.78 is 8.88. The minimum atomic E-state index is -4.64. The van der Waals surface area contributed by atoms with E-state index in [4.69, 9.17) is 35.2 Å². The van der Waals surface area contributed by atoms with E-state index in [-0.39, 0.29) is 0 Å². The lowest BCUT2D eigenvalue weighted by molar-refractivity contribution is -0.139. The van der Waals surface area contributed by atoms with E-state index in [1.165, 1.54) is 0 Å². The number of rotatable bonds is 2. The second kappa shape index (κ2) is 9.90. The van der Waals surface area contributed by atoms with Crippen molar-refractivity contribution in [3.05, 3.63) is 18.7 Å². The topological polar surface area (TPSA) is 190 Å². The number of hydrogen-bond acceptors (Lipinski definition) is 5. The molecule has 17 heavy (non-hydrogen) atoms. The zero-order chi connectivity index (χ0) is 13.9. The first kappa shape index (κ1) is 18.1. The molecule has 0 bridgehead atoms. The van der Waals surface area contributed by atoms with Crippen molar-refractivity contribution >= 4 is 13.8 Å². The molecule has 1 atom stereocenters. The fraction of sp³-hybridized carbons (Fsp3) is 0.333. The maximum atomic E-state index is 9.65. The lowest BCUT2D eigenvalue weighted by Gasteiger charge is -1.96. The second-order valence-corrected chi connectivity index (χ2v) is 3.43. The number of nitrogens with zero attached hydrogens (tertiary/aromatic N) is 1. The van der Waals surface area contributed by atoms with Crippen LogP contribution in [0.2, 0.25) is 0 Å². The molecule has 0 fully saturated rings. The summed E-state index contributed by atoms with van der Waals surface area (Å²) in [5.74, 6) is -1.18. The third-order valence-electron chi connectivity index (χ3n) is 0.920. The van der Waals surface area contributed by atoms with Gasteiger partial charge in [-0.25, -0.2) is 9.55 Å². The summed E-state index contributed by atoms with van der Waals surface area (Å²) in [6, 6.07) is -1.13. The molecule has 1 heterocycles. The predicted molar refractivity (Wildman–Crippen MR) is 55.5 cm³/mol. The number of aliphatic hydroxyl groups excluding tert-OH is 1. The molecule has 0 aliphatic rings. The van der Waals surface area contributed by atoms with E-state index in [9.17, 15) is 4.79 Å². The van der Waals surface area contributed by atoms with Crippen LogP contribution in [0.1, 0.15) is 0 Å². The summed E-state index contributed by atoms with van der Waals surface area (Å²) in [6.07, 6.45) is 5.08. The minimum Gasteiger partial charge on any atom is -0.480 e. The summed E-state index contributed by atoms with van der Waals surface area (Å²) >= 11 is 0. The molecule has 11 heteroatoms. The van der Waals surface area contributed by atoms with Gasteiger partial charge in [-0.15, -0.1) is 0 Å². The van der Waals surface area contributed by atoms with Crippen LogP contribution in [-0.2, 0) is 9.36 Å². The lowest BCUT2D eigenvalue weighted by atomic mass is 10.3. The highest BCUT2D eigenvalue weighted by Crippen LogP contribution is 2.25. The van der Waals surface area contributed by atoms with Crippen molar-refractivity contribution in [3.63, 3.8) is 0 Å². The number of hydrogen-bond donors (Lipinski definition) is 7. The van der Waals surface area contributed by atoms with E-state index in [1.807, 2.05) is 0 Å². The summed E-state index contributed by atoms with van der Waals surface area (Å²) in [5, 5.41) is 15.9. The molecule has 0 aromatic carbocycles. The standard InChI is InChI=1S/C3H4N2.C3H7NO3.H3O4P/c1-2-5-3-4-1;4-2(1-5)3(6)7;1-5(2,3)4/h1-3H,(H,4,5);2,5H,1,4H2,(H,6,7);(H3,1,2,3,4). The van der Waals surface area contributed by atoms with E-state index in [0.717, 1.165) is 0 Å². The molecule has 1 aromatic rings. The van der Waals surface area contributed by atoms with Gasteiger partial charge < -0.3 is 35.6 Å². The van der Waals surface area contributed by atoms with Crippen molar-refractivity contribution in [2.45, 2.75) is 6.04 Å². The molecule has 0 spiro atoms. The smallest absolute Gasteiger partial charge is 0.466 e. The Hall–Kier alpha value is -1.29. The van der Waals surface area contributed by atoms with Gasteiger partial charge in [0.2, 0.25) is 0 Å². The Morgan fingerprint density at radius 3 is 2.00 bits per heavy atom. The van der Waals surface area contributed by atoms with Crippen molar-refractivity contribution in [1.29, 1.82) is 0 Å². The summed E-state index contributed by atoms with van der Waals surface area (Å²) in [5.41, 5.74) is 4.77. The Labute approximate surface area is 96.0 Å². The number of carbonyl (C=O) groups is 1. The van der Waals surface area contributed by atoms with Gasteiger partial charge in [-0.05, 0) is 0 Å².